The Labute approximate surface area is 105 Å². The first kappa shape index (κ1) is 11.8. The molecule has 3 heterocycles. The Bertz CT molecular complexity index is 411. The van der Waals surface area contributed by atoms with Crippen molar-refractivity contribution < 1.29 is 14.6 Å². The maximum absolute atomic E-state index is 10.8. The van der Waals surface area contributed by atoms with E-state index in [1.807, 2.05) is 0 Å². The Kier molecular flexibility index (Phi) is 2.93. The molecule has 18 heavy (non-hydrogen) atoms. The molecule has 2 aliphatic heterocycles. The van der Waals surface area contributed by atoms with Gasteiger partial charge in [0.15, 0.2) is 0 Å². The number of rotatable bonds is 2. The van der Waals surface area contributed by atoms with Gasteiger partial charge in [-0.2, -0.15) is 0 Å². The van der Waals surface area contributed by atoms with E-state index in [0.29, 0.717) is 32.1 Å². The Hall–Kier alpha value is -1.24. The number of hydrogen-bond donors (Lipinski definition) is 2. The first-order valence-corrected chi connectivity index (χ1v) is 6.12. The Morgan fingerprint density at radius 1 is 1.33 bits per heavy atom. The van der Waals surface area contributed by atoms with E-state index in [9.17, 15) is 5.11 Å². The average molecular weight is 251 g/mol. The zero-order valence-electron chi connectivity index (χ0n) is 10.3. The van der Waals surface area contributed by atoms with E-state index in [-0.39, 0.29) is 12.1 Å². The zero-order chi connectivity index (χ0) is 12.6. The molecule has 1 aromatic heterocycles. The van der Waals surface area contributed by atoms with Crippen molar-refractivity contribution in [3.05, 3.63) is 18.0 Å². The molecule has 2 aliphatic rings. The van der Waals surface area contributed by atoms with Gasteiger partial charge < -0.3 is 19.9 Å². The standard InChI is InChI=1S/C12H17N3O3/c1-17-11-13-4-8(5-14-11)12(16)2-9-6-18-7-10(3-12)15-9/h4-5,9-10,15-16H,2-3,6-7H2,1H3. The van der Waals surface area contributed by atoms with Gasteiger partial charge in [-0.3, -0.25) is 0 Å². The van der Waals surface area contributed by atoms with Crippen LogP contribution >= 0.6 is 0 Å². The number of hydrogen-bond acceptors (Lipinski definition) is 6. The number of piperidine rings is 1. The minimum Gasteiger partial charge on any atom is -0.467 e. The second-order valence-electron chi connectivity index (χ2n) is 5.00. The van der Waals surface area contributed by atoms with Crippen LogP contribution in [0.3, 0.4) is 0 Å². The Morgan fingerprint density at radius 2 is 1.94 bits per heavy atom. The Balaban J connectivity index is 1.84. The number of nitrogens with one attached hydrogen (secondary N) is 1. The molecule has 98 valence electrons. The van der Waals surface area contributed by atoms with Crippen LogP contribution in [-0.4, -0.2) is 47.5 Å². The van der Waals surface area contributed by atoms with Crippen molar-refractivity contribution in [3.8, 4) is 6.01 Å². The monoisotopic (exact) mass is 251 g/mol. The molecule has 6 nitrogen and oxygen atoms in total. The van der Waals surface area contributed by atoms with Crippen molar-refractivity contribution in [2.24, 2.45) is 0 Å². The summed E-state index contributed by atoms with van der Waals surface area (Å²) in [7, 11) is 1.52. The van der Waals surface area contributed by atoms with Gasteiger partial charge in [-0.1, -0.05) is 0 Å². The quantitative estimate of drug-likeness (QED) is 0.759. The summed E-state index contributed by atoms with van der Waals surface area (Å²) in [5.41, 5.74) is -0.113. The van der Waals surface area contributed by atoms with E-state index < -0.39 is 5.60 Å². The maximum Gasteiger partial charge on any atom is 0.316 e. The summed E-state index contributed by atoms with van der Waals surface area (Å²) >= 11 is 0. The van der Waals surface area contributed by atoms with Gasteiger partial charge in [0.2, 0.25) is 0 Å². The topological polar surface area (TPSA) is 76.5 Å². The van der Waals surface area contributed by atoms with Crippen LogP contribution in [0.4, 0.5) is 0 Å². The van der Waals surface area contributed by atoms with Crippen LogP contribution in [0.15, 0.2) is 12.4 Å². The van der Waals surface area contributed by atoms with Crippen LogP contribution in [0.25, 0.3) is 0 Å². The van der Waals surface area contributed by atoms with Crippen molar-refractivity contribution in [2.75, 3.05) is 20.3 Å². The number of morpholine rings is 1. The second-order valence-corrected chi connectivity index (χ2v) is 5.00. The minimum atomic E-state index is -0.864. The highest BCUT2D eigenvalue weighted by molar-refractivity contribution is 5.19. The third-order valence-corrected chi connectivity index (χ3v) is 3.63. The lowest BCUT2D eigenvalue weighted by Gasteiger charge is -2.44. The van der Waals surface area contributed by atoms with Gasteiger partial charge in [0.05, 0.1) is 25.9 Å². The fourth-order valence-electron chi connectivity index (χ4n) is 2.81. The van der Waals surface area contributed by atoms with Gasteiger partial charge >= 0.3 is 6.01 Å². The fourth-order valence-corrected chi connectivity index (χ4v) is 2.81. The number of fused-ring (bicyclic) bond motifs is 2. The van der Waals surface area contributed by atoms with Gasteiger partial charge in [0, 0.05) is 30.0 Å². The normalized spacial score (nSPS) is 35.2. The summed E-state index contributed by atoms with van der Waals surface area (Å²) in [6, 6.07) is 0.717. The average Bonchev–Trinajstić information content (AvgIpc) is 2.38. The van der Waals surface area contributed by atoms with E-state index in [1.54, 1.807) is 12.4 Å². The largest absolute Gasteiger partial charge is 0.467 e. The molecule has 2 bridgehead atoms. The number of ether oxygens (including phenoxy) is 2. The van der Waals surface area contributed by atoms with Crippen LogP contribution in [0.1, 0.15) is 18.4 Å². The zero-order valence-corrected chi connectivity index (χ0v) is 10.3. The van der Waals surface area contributed by atoms with E-state index in [1.165, 1.54) is 7.11 Å². The molecule has 0 amide bonds. The van der Waals surface area contributed by atoms with Crippen LogP contribution < -0.4 is 10.1 Å². The van der Waals surface area contributed by atoms with E-state index in [2.05, 4.69) is 15.3 Å². The molecule has 0 saturated carbocycles. The molecular formula is C12H17N3O3. The molecule has 0 spiro atoms. The summed E-state index contributed by atoms with van der Waals surface area (Å²) in [4.78, 5) is 8.13. The second kappa shape index (κ2) is 4.46. The predicted octanol–water partition coefficient (Wildman–Crippen LogP) is -0.176. The SMILES string of the molecule is COc1ncc(C2(O)CC3COCC(C2)N3)cn1. The first-order valence-electron chi connectivity index (χ1n) is 6.12. The van der Waals surface area contributed by atoms with Crippen molar-refractivity contribution in [2.45, 2.75) is 30.5 Å². The lowest BCUT2D eigenvalue weighted by atomic mass is 9.79. The molecule has 2 saturated heterocycles. The van der Waals surface area contributed by atoms with Crippen LogP contribution in [0, 0.1) is 0 Å². The van der Waals surface area contributed by atoms with Crippen molar-refractivity contribution in [1.29, 1.82) is 0 Å². The van der Waals surface area contributed by atoms with Gasteiger partial charge in [-0.05, 0) is 12.8 Å². The van der Waals surface area contributed by atoms with Gasteiger partial charge in [0.1, 0.15) is 0 Å². The molecule has 2 fully saturated rings. The molecule has 2 unspecified atom stereocenters. The Morgan fingerprint density at radius 3 is 2.50 bits per heavy atom. The fraction of sp³-hybridized carbons (Fsp3) is 0.667. The van der Waals surface area contributed by atoms with Crippen molar-refractivity contribution in [3.63, 3.8) is 0 Å². The molecule has 2 N–H and O–H groups in total. The number of nitrogens with zero attached hydrogens (tertiary/aromatic N) is 2. The van der Waals surface area contributed by atoms with Crippen LogP contribution in [0.5, 0.6) is 6.01 Å². The molecule has 2 atom stereocenters. The highest BCUT2D eigenvalue weighted by atomic mass is 16.5. The minimum absolute atomic E-state index is 0.199. The third-order valence-electron chi connectivity index (χ3n) is 3.63. The maximum atomic E-state index is 10.8. The van der Waals surface area contributed by atoms with E-state index in [0.717, 1.165) is 5.56 Å². The molecular weight excluding hydrogens is 234 g/mol. The third kappa shape index (κ3) is 2.07. The summed E-state index contributed by atoms with van der Waals surface area (Å²) < 4.78 is 10.4. The smallest absolute Gasteiger partial charge is 0.316 e. The molecule has 0 radical (unpaired) electrons. The lowest BCUT2D eigenvalue weighted by Crippen LogP contribution is -2.58. The number of aromatic nitrogens is 2. The highest BCUT2D eigenvalue weighted by Gasteiger charge is 2.42. The van der Waals surface area contributed by atoms with E-state index >= 15 is 0 Å². The molecule has 6 heteroatoms. The van der Waals surface area contributed by atoms with E-state index in [4.69, 9.17) is 9.47 Å². The molecule has 1 aromatic rings. The molecule has 0 aromatic carbocycles. The molecule has 3 rings (SSSR count). The predicted molar refractivity (Wildman–Crippen MR) is 63.2 cm³/mol. The lowest BCUT2D eigenvalue weighted by molar-refractivity contribution is -0.0805. The van der Waals surface area contributed by atoms with Crippen molar-refractivity contribution in [1.82, 2.24) is 15.3 Å². The van der Waals surface area contributed by atoms with Crippen molar-refractivity contribution >= 4 is 0 Å². The first-order chi connectivity index (χ1) is 8.69. The summed E-state index contributed by atoms with van der Waals surface area (Å²) in [5, 5.41) is 14.2. The number of aliphatic hydroxyl groups is 1. The summed E-state index contributed by atoms with van der Waals surface area (Å²) in [6.45, 7) is 1.30. The highest BCUT2D eigenvalue weighted by Crippen LogP contribution is 2.36. The van der Waals surface area contributed by atoms with Gasteiger partial charge in [-0.25, -0.2) is 9.97 Å². The summed E-state index contributed by atoms with van der Waals surface area (Å²) in [6.07, 6.45) is 4.54. The number of methoxy groups -OCH3 is 1. The summed E-state index contributed by atoms with van der Waals surface area (Å²) in [5.74, 6) is 0. The van der Waals surface area contributed by atoms with Crippen LogP contribution in [0.2, 0.25) is 0 Å². The van der Waals surface area contributed by atoms with Gasteiger partial charge in [-0.15, -0.1) is 0 Å². The van der Waals surface area contributed by atoms with Crippen LogP contribution in [-0.2, 0) is 10.3 Å². The van der Waals surface area contributed by atoms with Gasteiger partial charge in [0.25, 0.3) is 0 Å². The molecule has 0 aliphatic carbocycles.